The van der Waals surface area contributed by atoms with Crippen molar-refractivity contribution in [2.24, 2.45) is 0 Å². The summed E-state index contributed by atoms with van der Waals surface area (Å²) in [7, 11) is 0. The lowest BCUT2D eigenvalue weighted by Crippen LogP contribution is -2.49. The fraction of sp³-hybridized carbons (Fsp3) is 0.238. The summed E-state index contributed by atoms with van der Waals surface area (Å²) in [4.78, 5) is 21.2. The molecule has 4 rings (SSSR count). The Kier molecular flexibility index (Phi) is 4.70. The topological polar surface area (TPSA) is 36.4 Å². The fourth-order valence-electron chi connectivity index (χ4n) is 3.49. The minimum absolute atomic E-state index is 0.0488. The Morgan fingerprint density at radius 1 is 1.07 bits per heavy atom. The number of halogens is 2. The number of benzene rings is 2. The number of para-hydroxylation sites is 1. The highest BCUT2D eigenvalue weighted by molar-refractivity contribution is 6.33. The predicted octanol–water partition coefficient (Wildman–Crippen LogP) is 4.30. The summed E-state index contributed by atoms with van der Waals surface area (Å²) >= 11 is 6.03. The van der Waals surface area contributed by atoms with Gasteiger partial charge in [0.25, 0.3) is 5.91 Å². The molecule has 0 saturated carbocycles. The molecule has 3 aromatic rings. The summed E-state index contributed by atoms with van der Waals surface area (Å²) in [5, 5.41) is 1.29. The van der Waals surface area contributed by atoms with Crippen molar-refractivity contribution in [2.75, 3.05) is 31.1 Å². The van der Waals surface area contributed by atoms with Crippen molar-refractivity contribution in [3.8, 4) is 0 Å². The lowest BCUT2D eigenvalue weighted by Gasteiger charge is -2.35. The number of hydrogen-bond donors (Lipinski definition) is 0. The summed E-state index contributed by atoms with van der Waals surface area (Å²) in [5.41, 5.74) is 2.09. The molecule has 0 N–H and O–H groups in total. The third kappa shape index (κ3) is 3.35. The van der Waals surface area contributed by atoms with Crippen LogP contribution in [0.5, 0.6) is 0 Å². The number of aromatic nitrogens is 1. The normalized spacial score (nSPS) is 14.6. The van der Waals surface area contributed by atoms with Crippen molar-refractivity contribution in [3.63, 3.8) is 0 Å². The molecule has 138 valence electrons. The second kappa shape index (κ2) is 7.16. The van der Waals surface area contributed by atoms with Crippen LogP contribution in [0.1, 0.15) is 15.9 Å². The van der Waals surface area contributed by atoms with Crippen molar-refractivity contribution in [1.82, 2.24) is 9.88 Å². The van der Waals surface area contributed by atoms with Crippen molar-refractivity contribution in [3.05, 3.63) is 70.5 Å². The molecule has 1 saturated heterocycles. The van der Waals surface area contributed by atoms with Gasteiger partial charge in [0.2, 0.25) is 0 Å². The fourth-order valence-corrected chi connectivity index (χ4v) is 3.74. The summed E-state index contributed by atoms with van der Waals surface area (Å²) < 4.78 is 14.0. The molecule has 0 unspecified atom stereocenters. The number of rotatable bonds is 2. The number of hydrogen-bond acceptors (Lipinski definition) is 3. The van der Waals surface area contributed by atoms with E-state index >= 15 is 0 Å². The van der Waals surface area contributed by atoms with Gasteiger partial charge < -0.3 is 9.80 Å². The number of fused-ring (bicyclic) bond motifs is 1. The molecule has 1 aromatic heterocycles. The van der Waals surface area contributed by atoms with Crippen molar-refractivity contribution in [2.45, 2.75) is 6.92 Å². The second-order valence-electron chi connectivity index (χ2n) is 6.69. The number of pyridine rings is 1. The standard InChI is InChI=1S/C21H19ClFN3O/c1-14-13-19(24-18-8-3-2-5-15(14)18)25-9-11-26(12-10-25)21(27)20-16(22)6-4-7-17(20)23/h2-8,13H,9-12H2,1H3. The van der Waals surface area contributed by atoms with Crippen LogP contribution >= 0.6 is 11.6 Å². The van der Waals surface area contributed by atoms with Crippen LogP contribution in [-0.2, 0) is 0 Å². The van der Waals surface area contributed by atoms with Crippen LogP contribution in [0.15, 0.2) is 48.5 Å². The Hall–Kier alpha value is -2.66. The number of piperazine rings is 1. The van der Waals surface area contributed by atoms with Crippen LogP contribution in [0, 0.1) is 12.7 Å². The molecule has 4 nitrogen and oxygen atoms in total. The summed E-state index contributed by atoms with van der Waals surface area (Å²) in [6.07, 6.45) is 0. The van der Waals surface area contributed by atoms with Crippen molar-refractivity contribution in [1.29, 1.82) is 0 Å². The van der Waals surface area contributed by atoms with Crippen molar-refractivity contribution >= 4 is 34.2 Å². The molecule has 0 atom stereocenters. The zero-order valence-corrected chi connectivity index (χ0v) is 15.7. The Morgan fingerprint density at radius 2 is 1.81 bits per heavy atom. The molecule has 2 aromatic carbocycles. The average molecular weight is 384 g/mol. The predicted molar refractivity (Wildman–Crippen MR) is 106 cm³/mol. The van der Waals surface area contributed by atoms with Gasteiger partial charge in [-0.3, -0.25) is 4.79 Å². The van der Waals surface area contributed by atoms with Crippen LogP contribution in [-0.4, -0.2) is 42.0 Å². The molecule has 6 heteroatoms. The number of aryl methyl sites for hydroxylation is 1. The first-order valence-electron chi connectivity index (χ1n) is 8.89. The lowest BCUT2D eigenvalue weighted by atomic mass is 10.1. The van der Waals surface area contributed by atoms with E-state index in [4.69, 9.17) is 16.6 Å². The molecule has 0 bridgehead atoms. The number of amides is 1. The van der Waals surface area contributed by atoms with Crippen molar-refractivity contribution < 1.29 is 9.18 Å². The van der Waals surface area contributed by atoms with Gasteiger partial charge in [0.15, 0.2) is 0 Å². The third-order valence-electron chi connectivity index (χ3n) is 4.98. The molecule has 1 fully saturated rings. The zero-order chi connectivity index (χ0) is 19.0. The molecule has 0 spiro atoms. The van der Waals surface area contributed by atoms with Gasteiger partial charge in [-0.05, 0) is 36.8 Å². The van der Waals surface area contributed by atoms with E-state index in [9.17, 15) is 9.18 Å². The van der Waals surface area contributed by atoms with Gasteiger partial charge in [0.05, 0.1) is 16.1 Å². The molecular formula is C21H19ClFN3O. The Bertz CT molecular complexity index is 995. The van der Waals surface area contributed by atoms with E-state index < -0.39 is 5.82 Å². The highest BCUT2D eigenvalue weighted by Crippen LogP contribution is 2.25. The van der Waals surface area contributed by atoms with Crippen LogP contribution in [0.4, 0.5) is 10.2 Å². The van der Waals surface area contributed by atoms with Gasteiger partial charge in [-0.1, -0.05) is 35.9 Å². The molecular weight excluding hydrogens is 365 g/mol. The van der Waals surface area contributed by atoms with Gasteiger partial charge in [0.1, 0.15) is 11.6 Å². The van der Waals surface area contributed by atoms with Gasteiger partial charge >= 0.3 is 0 Å². The largest absolute Gasteiger partial charge is 0.353 e. The average Bonchev–Trinajstić information content (AvgIpc) is 2.68. The van der Waals surface area contributed by atoms with Gasteiger partial charge in [-0.15, -0.1) is 0 Å². The highest BCUT2D eigenvalue weighted by Gasteiger charge is 2.26. The van der Waals surface area contributed by atoms with E-state index in [1.807, 2.05) is 18.2 Å². The maximum atomic E-state index is 14.0. The first-order valence-corrected chi connectivity index (χ1v) is 9.27. The minimum atomic E-state index is -0.582. The molecule has 0 aliphatic carbocycles. The summed E-state index contributed by atoms with van der Waals surface area (Å²) in [6.45, 7) is 4.35. The number of anilines is 1. The number of carbonyl (C=O) groups excluding carboxylic acids is 1. The maximum absolute atomic E-state index is 14.0. The van der Waals surface area contributed by atoms with Gasteiger partial charge in [0, 0.05) is 31.6 Å². The molecule has 2 heterocycles. The first kappa shape index (κ1) is 17.7. The van der Waals surface area contributed by atoms with E-state index in [2.05, 4.69) is 24.0 Å². The maximum Gasteiger partial charge on any atom is 0.258 e. The third-order valence-corrected chi connectivity index (χ3v) is 5.29. The van der Waals surface area contributed by atoms with E-state index in [0.717, 1.165) is 16.7 Å². The molecule has 27 heavy (non-hydrogen) atoms. The van der Waals surface area contributed by atoms with E-state index in [1.165, 1.54) is 23.8 Å². The molecule has 0 radical (unpaired) electrons. The number of carbonyl (C=O) groups is 1. The Labute approximate surface area is 162 Å². The van der Waals surface area contributed by atoms with Gasteiger partial charge in [-0.25, -0.2) is 9.37 Å². The lowest BCUT2D eigenvalue weighted by molar-refractivity contribution is 0.0742. The van der Waals surface area contributed by atoms with Crippen LogP contribution in [0.25, 0.3) is 10.9 Å². The minimum Gasteiger partial charge on any atom is -0.353 e. The smallest absolute Gasteiger partial charge is 0.258 e. The Morgan fingerprint density at radius 3 is 2.56 bits per heavy atom. The second-order valence-corrected chi connectivity index (χ2v) is 7.10. The quantitative estimate of drug-likeness (QED) is 0.662. The summed E-state index contributed by atoms with van der Waals surface area (Å²) in [6, 6.07) is 14.4. The van der Waals surface area contributed by atoms with Crippen LogP contribution < -0.4 is 4.90 Å². The SMILES string of the molecule is Cc1cc(N2CCN(C(=O)c3c(F)cccc3Cl)CC2)nc2ccccc12. The number of nitrogens with zero attached hydrogens (tertiary/aromatic N) is 3. The zero-order valence-electron chi connectivity index (χ0n) is 15.0. The van der Waals surface area contributed by atoms with Crippen LogP contribution in [0.3, 0.4) is 0 Å². The molecule has 1 aliphatic heterocycles. The van der Waals surface area contributed by atoms with E-state index in [0.29, 0.717) is 26.2 Å². The first-order chi connectivity index (χ1) is 13.0. The van der Waals surface area contributed by atoms with E-state index in [-0.39, 0.29) is 16.5 Å². The highest BCUT2D eigenvalue weighted by atomic mass is 35.5. The van der Waals surface area contributed by atoms with Gasteiger partial charge in [-0.2, -0.15) is 0 Å². The monoisotopic (exact) mass is 383 g/mol. The van der Waals surface area contributed by atoms with Crippen LogP contribution in [0.2, 0.25) is 5.02 Å². The summed E-state index contributed by atoms with van der Waals surface area (Å²) in [5.74, 6) is -0.0376. The molecule has 1 amide bonds. The Balaban J connectivity index is 1.52. The van der Waals surface area contributed by atoms with E-state index in [1.54, 1.807) is 4.90 Å². The molecule has 1 aliphatic rings.